The van der Waals surface area contributed by atoms with Crippen molar-refractivity contribution in [3.63, 3.8) is 0 Å². The Morgan fingerprint density at radius 1 is 1.02 bits per heavy atom. The van der Waals surface area contributed by atoms with Crippen LogP contribution in [0.25, 0.3) is 17.0 Å². The fourth-order valence-corrected chi connectivity index (χ4v) is 6.54. The smallest absolute Gasteiger partial charge is 0.338 e. The average molecular weight is 577 g/mol. The highest BCUT2D eigenvalue weighted by molar-refractivity contribution is 7.07. The molecule has 0 unspecified atom stereocenters. The number of ether oxygens (including phenoxy) is 1. The lowest BCUT2D eigenvalue weighted by molar-refractivity contribution is -0.139. The maximum Gasteiger partial charge on any atom is 0.338 e. The van der Waals surface area contributed by atoms with Gasteiger partial charge in [-0.3, -0.25) is 9.36 Å². The van der Waals surface area contributed by atoms with E-state index in [-0.39, 0.29) is 12.2 Å². The van der Waals surface area contributed by atoms with Crippen LogP contribution >= 0.6 is 11.3 Å². The number of nitrogens with zero attached hydrogens (tertiary/aromatic N) is 4. The van der Waals surface area contributed by atoms with Crippen molar-refractivity contribution in [2.45, 2.75) is 26.4 Å². The monoisotopic (exact) mass is 576 g/mol. The Bertz CT molecular complexity index is 2000. The number of aromatic nitrogens is 2. The first kappa shape index (κ1) is 27.5. The molecule has 0 saturated heterocycles. The highest BCUT2D eigenvalue weighted by Gasteiger charge is 2.33. The lowest BCUT2D eigenvalue weighted by atomic mass is 9.95. The molecular formula is C34H32N4O3S. The van der Waals surface area contributed by atoms with Gasteiger partial charge in [0.05, 0.1) is 28.5 Å². The number of allylic oxidation sites excluding steroid dienone is 1. The first-order valence-electron chi connectivity index (χ1n) is 13.9. The first-order valence-corrected chi connectivity index (χ1v) is 14.8. The zero-order valence-electron chi connectivity index (χ0n) is 24.1. The van der Waals surface area contributed by atoms with Gasteiger partial charge in [0, 0.05) is 49.0 Å². The molecule has 3 aromatic carbocycles. The van der Waals surface area contributed by atoms with E-state index in [2.05, 4.69) is 35.0 Å². The van der Waals surface area contributed by atoms with Crippen LogP contribution < -0.4 is 19.8 Å². The van der Waals surface area contributed by atoms with Crippen LogP contribution in [0.15, 0.2) is 106 Å². The van der Waals surface area contributed by atoms with Crippen molar-refractivity contribution in [1.82, 2.24) is 9.13 Å². The zero-order chi connectivity index (χ0) is 29.4. The maximum atomic E-state index is 14.1. The number of rotatable bonds is 7. The number of benzene rings is 3. The van der Waals surface area contributed by atoms with Crippen LogP contribution in [0.3, 0.4) is 0 Å². The van der Waals surface area contributed by atoms with E-state index in [1.807, 2.05) is 86.6 Å². The minimum absolute atomic E-state index is 0.186. The number of carbonyl (C=O) groups excluding carboxylic acids is 1. The molecule has 1 atom stereocenters. The van der Waals surface area contributed by atoms with E-state index in [0.29, 0.717) is 20.6 Å². The van der Waals surface area contributed by atoms with Crippen LogP contribution in [-0.4, -0.2) is 35.8 Å². The highest BCUT2D eigenvalue weighted by Crippen LogP contribution is 2.32. The van der Waals surface area contributed by atoms with Crippen LogP contribution in [0, 0.1) is 0 Å². The molecule has 8 heteroatoms. The van der Waals surface area contributed by atoms with Gasteiger partial charge in [0.15, 0.2) is 4.80 Å². The van der Waals surface area contributed by atoms with Gasteiger partial charge >= 0.3 is 5.97 Å². The van der Waals surface area contributed by atoms with E-state index >= 15 is 0 Å². The van der Waals surface area contributed by atoms with Gasteiger partial charge in [0.1, 0.15) is 0 Å². The molecule has 1 aliphatic rings. The van der Waals surface area contributed by atoms with E-state index in [1.54, 1.807) is 11.5 Å². The van der Waals surface area contributed by atoms with Gasteiger partial charge in [0.2, 0.25) is 0 Å². The molecule has 0 spiro atoms. The second-order valence-electron chi connectivity index (χ2n) is 10.5. The Hall–Kier alpha value is -4.69. The van der Waals surface area contributed by atoms with Gasteiger partial charge in [-0.15, -0.1) is 0 Å². The third-order valence-corrected chi connectivity index (χ3v) is 8.53. The fourth-order valence-electron chi connectivity index (χ4n) is 5.50. The number of esters is 1. The molecule has 42 heavy (non-hydrogen) atoms. The largest absolute Gasteiger partial charge is 0.463 e. The van der Waals surface area contributed by atoms with Gasteiger partial charge in [-0.25, -0.2) is 9.79 Å². The normalized spacial score (nSPS) is 15.0. The third kappa shape index (κ3) is 4.99. The molecule has 0 fully saturated rings. The number of hydrogen-bond donors (Lipinski definition) is 0. The van der Waals surface area contributed by atoms with Gasteiger partial charge in [-0.05, 0) is 49.2 Å². The Kier molecular flexibility index (Phi) is 7.39. The Morgan fingerprint density at radius 2 is 1.74 bits per heavy atom. The van der Waals surface area contributed by atoms with E-state index in [0.717, 1.165) is 34.3 Å². The molecule has 3 heterocycles. The van der Waals surface area contributed by atoms with Crippen molar-refractivity contribution in [1.29, 1.82) is 0 Å². The SMILES string of the molecule is CCOC(=O)C1=C(C)N=c2s/c(=C\c3cn(Cc4ccccc4)c4ccccc34)c(=O)n2[C@@H]1c1ccc(N(C)C)cc1. The first-order chi connectivity index (χ1) is 20.4. The summed E-state index contributed by atoms with van der Waals surface area (Å²) in [5, 5.41) is 1.07. The van der Waals surface area contributed by atoms with Crippen LogP contribution in [-0.2, 0) is 16.1 Å². The molecule has 0 radical (unpaired) electrons. The summed E-state index contributed by atoms with van der Waals surface area (Å²) in [5.74, 6) is -0.460. The van der Waals surface area contributed by atoms with Crippen molar-refractivity contribution in [2.75, 3.05) is 25.6 Å². The summed E-state index contributed by atoms with van der Waals surface area (Å²) in [7, 11) is 3.95. The van der Waals surface area contributed by atoms with Crippen LogP contribution in [0.1, 0.15) is 36.6 Å². The molecule has 2 aromatic heterocycles. The molecule has 0 amide bonds. The highest BCUT2D eigenvalue weighted by atomic mass is 32.1. The molecule has 0 N–H and O–H groups in total. The van der Waals surface area contributed by atoms with Crippen LogP contribution in [0.5, 0.6) is 0 Å². The number of fused-ring (bicyclic) bond motifs is 2. The minimum atomic E-state index is -0.641. The van der Waals surface area contributed by atoms with E-state index in [9.17, 15) is 9.59 Å². The van der Waals surface area contributed by atoms with E-state index in [1.165, 1.54) is 16.9 Å². The topological polar surface area (TPSA) is 68.8 Å². The molecular weight excluding hydrogens is 544 g/mol. The second kappa shape index (κ2) is 11.3. The molecule has 5 aromatic rings. The molecule has 6 rings (SSSR count). The van der Waals surface area contributed by atoms with Crippen LogP contribution in [0.4, 0.5) is 5.69 Å². The zero-order valence-corrected chi connectivity index (χ0v) is 24.9. The van der Waals surface area contributed by atoms with Crippen molar-refractivity contribution < 1.29 is 9.53 Å². The van der Waals surface area contributed by atoms with Gasteiger partial charge in [0.25, 0.3) is 5.56 Å². The Balaban J connectivity index is 1.51. The third-order valence-electron chi connectivity index (χ3n) is 7.54. The summed E-state index contributed by atoms with van der Waals surface area (Å²) in [4.78, 5) is 34.6. The second-order valence-corrected chi connectivity index (χ2v) is 11.5. The average Bonchev–Trinajstić information content (AvgIpc) is 3.49. The van der Waals surface area contributed by atoms with Crippen molar-refractivity contribution in [3.05, 3.63) is 133 Å². The molecule has 212 valence electrons. The summed E-state index contributed by atoms with van der Waals surface area (Å²) >= 11 is 1.34. The molecule has 0 bridgehead atoms. The van der Waals surface area contributed by atoms with Gasteiger partial charge in [-0.2, -0.15) is 0 Å². The van der Waals surface area contributed by atoms with Gasteiger partial charge in [-0.1, -0.05) is 72.0 Å². The summed E-state index contributed by atoms with van der Waals surface area (Å²) in [5.41, 5.74) is 5.86. The Morgan fingerprint density at radius 3 is 2.45 bits per heavy atom. The number of anilines is 1. The molecule has 0 saturated carbocycles. The number of hydrogen-bond acceptors (Lipinski definition) is 6. The predicted octanol–water partition coefficient (Wildman–Crippen LogP) is 4.87. The summed E-state index contributed by atoms with van der Waals surface area (Å²) in [6.07, 6.45) is 4.05. The predicted molar refractivity (Wildman–Crippen MR) is 169 cm³/mol. The number of thiazole rings is 1. The number of carbonyl (C=O) groups is 1. The van der Waals surface area contributed by atoms with E-state index < -0.39 is 12.0 Å². The molecule has 0 aliphatic carbocycles. The van der Waals surface area contributed by atoms with Crippen molar-refractivity contribution in [2.24, 2.45) is 4.99 Å². The van der Waals surface area contributed by atoms with Crippen molar-refractivity contribution >= 4 is 40.0 Å². The summed E-state index contributed by atoms with van der Waals surface area (Å²) < 4.78 is 9.85. The Labute approximate surface area is 247 Å². The maximum absolute atomic E-state index is 14.1. The lowest BCUT2D eigenvalue weighted by Gasteiger charge is -2.25. The molecule has 7 nitrogen and oxygen atoms in total. The molecule has 1 aliphatic heterocycles. The quantitative estimate of drug-likeness (QED) is 0.260. The summed E-state index contributed by atoms with van der Waals surface area (Å²) in [6.45, 7) is 4.54. The van der Waals surface area contributed by atoms with Gasteiger partial charge < -0.3 is 14.2 Å². The fraction of sp³-hybridized carbons (Fsp3) is 0.206. The standard InChI is InChI=1S/C34H32N4O3S/c1-5-41-33(40)30-22(2)35-34-38(31(30)24-15-17-26(18-16-24)36(3)4)32(39)29(42-34)19-25-21-37(20-23-11-7-6-8-12-23)28-14-10-9-13-27(25)28/h6-19,21,31H,5,20H2,1-4H3/b29-19-/t31-/m1/s1. The minimum Gasteiger partial charge on any atom is -0.463 e. The summed E-state index contributed by atoms with van der Waals surface area (Å²) in [6, 6.07) is 25.8. The lowest BCUT2D eigenvalue weighted by Crippen LogP contribution is -2.39. The van der Waals surface area contributed by atoms with E-state index in [4.69, 9.17) is 9.73 Å². The van der Waals surface area contributed by atoms with Crippen molar-refractivity contribution in [3.8, 4) is 0 Å². The number of para-hydroxylation sites is 1. The van der Waals surface area contributed by atoms with Crippen LogP contribution in [0.2, 0.25) is 0 Å².